The van der Waals surface area contributed by atoms with Crippen LogP contribution in [0.15, 0.2) is 47.4 Å². The number of aliphatic hydroxyl groups excluding tert-OH is 1. The number of hydrogen-bond acceptors (Lipinski definition) is 6. The predicted molar refractivity (Wildman–Crippen MR) is 141 cm³/mol. The van der Waals surface area contributed by atoms with E-state index < -0.39 is 9.84 Å². The molecular weight excluding hydrogens is 462 g/mol. The number of piperidine rings is 1. The molecule has 0 unspecified atom stereocenters. The Labute approximate surface area is 208 Å². The van der Waals surface area contributed by atoms with Crippen LogP contribution < -0.4 is 15.5 Å². The van der Waals surface area contributed by atoms with E-state index in [-0.39, 0.29) is 28.6 Å². The van der Waals surface area contributed by atoms with E-state index >= 15 is 0 Å². The van der Waals surface area contributed by atoms with Crippen LogP contribution in [0.25, 0.3) is 0 Å². The summed E-state index contributed by atoms with van der Waals surface area (Å²) in [5.41, 5.74) is 2.87. The summed E-state index contributed by atoms with van der Waals surface area (Å²) in [7, 11) is -3.47. The number of carbonyl (C=O) groups excluding carboxylic acids is 1. The van der Waals surface area contributed by atoms with Crippen LogP contribution in [0.5, 0.6) is 0 Å². The van der Waals surface area contributed by atoms with Gasteiger partial charge in [-0.1, -0.05) is 26.8 Å². The molecule has 3 N–H and O–H groups in total. The van der Waals surface area contributed by atoms with Gasteiger partial charge in [-0.2, -0.15) is 0 Å². The van der Waals surface area contributed by atoms with Crippen LogP contribution in [0, 0.1) is 10.8 Å². The first-order chi connectivity index (χ1) is 16.5. The maximum absolute atomic E-state index is 13.4. The van der Waals surface area contributed by atoms with Crippen molar-refractivity contribution >= 4 is 32.8 Å². The minimum Gasteiger partial charge on any atom is -0.395 e. The zero-order valence-corrected chi connectivity index (χ0v) is 21.7. The average Bonchev–Trinajstić information content (AvgIpc) is 3.55. The summed E-state index contributed by atoms with van der Waals surface area (Å²) in [6.45, 7) is 7.95. The first-order valence-electron chi connectivity index (χ1n) is 12.4. The molecule has 1 amide bonds. The molecule has 0 atom stereocenters. The Hall–Kier alpha value is -2.58. The summed E-state index contributed by atoms with van der Waals surface area (Å²) in [5, 5.41) is 15.3. The van der Waals surface area contributed by atoms with Crippen molar-refractivity contribution in [1.82, 2.24) is 0 Å². The summed E-state index contributed by atoms with van der Waals surface area (Å²) in [6, 6.07) is 12.1. The SMILES string of the molecule is CC(C)(C)CS(=O)(=O)c1cccc(NC(=O)c2ccc(NCCO)cc2N2CCC3(CC2)CC3)c1. The Morgan fingerprint density at radius 2 is 1.74 bits per heavy atom. The lowest BCUT2D eigenvalue weighted by Gasteiger charge is -2.35. The lowest BCUT2D eigenvalue weighted by atomic mass is 9.93. The fraction of sp³-hybridized carbons (Fsp3) is 0.519. The number of rotatable bonds is 8. The molecule has 2 fully saturated rings. The highest BCUT2D eigenvalue weighted by molar-refractivity contribution is 7.91. The van der Waals surface area contributed by atoms with Crippen LogP contribution in [-0.2, 0) is 9.84 Å². The Morgan fingerprint density at radius 1 is 1.03 bits per heavy atom. The van der Waals surface area contributed by atoms with E-state index in [1.54, 1.807) is 24.3 Å². The molecule has 2 aliphatic rings. The fourth-order valence-electron chi connectivity index (χ4n) is 4.81. The number of benzene rings is 2. The highest BCUT2D eigenvalue weighted by atomic mass is 32.2. The van der Waals surface area contributed by atoms with Crippen molar-refractivity contribution in [3.63, 3.8) is 0 Å². The third-order valence-corrected chi connectivity index (χ3v) is 9.10. The molecule has 35 heavy (non-hydrogen) atoms. The Bertz CT molecular complexity index is 1170. The quantitative estimate of drug-likeness (QED) is 0.493. The molecule has 1 aliphatic carbocycles. The number of amides is 1. The largest absolute Gasteiger partial charge is 0.395 e. The molecule has 190 valence electrons. The summed E-state index contributed by atoms with van der Waals surface area (Å²) >= 11 is 0. The van der Waals surface area contributed by atoms with E-state index in [4.69, 9.17) is 0 Å². The maximum Gasteiger partial charge on any atom is 0.257 e. The summed E-state index contributed by atoms with van der Waals surface area (Å²) in [5.74, 6) is -0.244. The maximum atomic E-state index is 13.4. The second-order valence-corrected chi connectivity index (χ2v) is 13.2. The van der Waals surface area contributed by atoms with E-state index in [1.165, 1.54) is 18.9 Å². The molecule has 7 nitrogen and oxygen atoms in total. The van der Waals surface area contributed by atoms with Gasteiger partial charge in [0.05, 0.1) is 28.5 Å². The highest BCUT2D eigenvalue weighted by Gasteiger charge is 2.44. The van der Waals surface area contributed by atoms with Crippen LogP contribution in [0.2, 0.25) is 0 Å². The molecule has 1 saturated carbocycles. The van der Waals surface area contributed by atoms with Gasteiger partial charge in [0.1, 0.15) is 0 Å². The van der Waals surface area contributed by atoms with Crippen LogP contribution in [0.4, 0.5) is 17.1 Å². The van der Waals surface area contributed by atoms with Crippen molar-refractivity contribution in [2.45, 2.75) is 51.3 Å². The standard InChI is InChI=1S/C27H37N3O4S/c1-26(2,3)19-35(33,34)22-6-4-5-21(17-22)29-25(32)23-8-7-20(28-13-16-31)18-24(23)30-14-11-27(9-10-27)12-15-30/h4-8,17-18,28,31H,9-16,19H2,1-3H3,(H,29,32). The molecule has 4 rings (SSSR count). The van der Waals surface area contributed by atoms with Gasteiger partial charge in [-0.15, -0.1) is 0 Å². The van der Waals surface area contributed by atoms with Gasteiger partial charge in [-0.3, -0.25) is 4.79 Å². The summed E-state index contributed by atoms with van der Waals surface area (Å²) in [4.78, 5) is 15.9. The number of anilines is 3. The monoisotopic (exact) mass is 499 g/mol. The van der Waals surface area contributed by atoms with Gasteiger partial charge in [0.15, 0.2) is 9.84 Å². The van der Waals surface area contributed by atoms with Gasteiger partial charge in [-0.25, -0.2) is 8.42 Å². The van der Waals surface area contributed by atoms with Crippen molar-refractivity contribution in [2.24, 2.45) is 10.8 Å². The number of aliphatic hydroxyl groups is 1. The fourth-order valence-corrected chi connectivity index (χ4v) is 6.71. The third kappa shape index (κ3) is 6.35. The normalized spacial score (nSPS) is 17.3. The van der Waals surface area contributed by atoms with Crippen molar-refractivity contribution in [3.05, 3.63) is 48.0 Å². The molecule has 2 aromatic carbocycles. The number of nitrogens with one attached hydrogen (secondary N) is 2. The Morgan fingerprint density at radius 3 is 2.37 bits per heavy atom. The van der Waals surface area contributed by atoms with Gasteiger partial charge in [0.2, 0.25) is 0 Å². The molecule has 1 saturated heterocycles. The zero-order valence-electron chi connectivity index (χ0n) is 20.9. The summed E-state index contributed by atoms with van der Waals surface area (Å²) in [6.07, 6.45) is 4.88. The van der Waals surface area contributed by atoms with Crippen molar-refractivity contribution in [2.75, 3.05) is 47.5 Å². The van der Waals surface area contributed by atoms with Gasteiger partial charge in [0, 0.05) is 31.0 Å². The lowest BCUT2D eigenvalue weighted by molar-refractivity contribution is 0.102. The average molecular weight is 500 g/mol. The molecule has 1 spiro atoms. The molecule has 1 heterocycles. The molecule has 0 aromatic heterocycles. The van der Waals surface area contributed by atoms with E-state index in [0.29, 0.717) is 23.2 Å². The second kappa shape index (κ2) is 9.82. The van der Waals surface area contributed by atoms with Crippen LogP contribution >= 0.6 is 0 Å². The Balaban J connectivity index is 1.57. The lowest BCUT2D eigenvalue weighted by Crippen LogP contribution is -2.35. The van der Waals surface area contributed by atoms with Crippen molar-refractivity contribution in [3.8, 4) is 0 Å². The minimum absolute atomic E-state index is 0.0261. The van der Waals surface area contributed by atoms with Gasteiger partial charge < -0.3 is 20.6 Å². The number of carbonyl (C=O) groups is 1. The zero-order chi connectivity index (χ0) is 25.3. The number of sulfone groups is 1. The van der Waals surface area contributed by atoms with Crippen LogP contribution in [0.1, 0.15) is 56.8 Å². The number of hydrogen-bond donors (Lipinski definition) is 3. The molecule has 2 aromatic rings. The minimum atomic E-state index is -3.47. The highest BCUT2D eigenvalue weighted by Crippen LogP contribution is 2.54. The number of nitrogens with zero attached hydrogens (tertiary/aromatic N) is 1. The molecule has 0 radical (unpaired) electrons. The van der Waals surface area contributed by atoms with E-state index in [0.717, 1.165) is 37.3 Å². The third-order valence-electron chi connectivity index (χ3n) is 6.88. The molecule has 8 heteroatoms. The smallest absolute Gasteiger partial charge is 0.257 e. The van der Waals surface area contributed by atoms with E-state index in [9.17, 15) is 18.3 Å². The first kappa shape index (κ1) is 25.5. The van der Waals surface area contributed by atoms with Gasteiger partial charge in [0.25, 0.3) is 5.91 Å². The van der Waals surface area contributed by atoms with Crippen LogP contribution in [0.3, 0.4) is 0 Å². The topological polar surface area (TPSA) is 98.7 Å². The predicted octanol–water partition coefficient (Wildman–Crippen LogP) is 4.54. The van der Waals surface area contributed by atoms with Crippen LogP contribution in [-0.4, -0.2) is 51.4 Å². The second-order valence-electron chi connectivity index (χ2n) is 11.2. The molecule has 1 aliphatic heterocycles. The van der Waals surface area contributed by atoms with Gasteiger partial charge >= 0.3 is 0 Å². The van der Waals surface area contributed by atoms with Crippen molar-refractivity contribution in [1.29, 1.82) is 0 Å². The van der Waals surface area contributed by atoms with Crippen molar-refractivity contribution < 1.29 is 18.3 Å². The Kier molecular flexibility index (Phi) is 7.16. The molecular formula is C27H37N3O4S. The van der Waals surface area contributed by atoms with Gasteiger partial charge in [-0.05, 0) is 72.9 Å². The first-order valence-corrected chi connectivity index (χ1v) is 14.0. The van der Waals surface area contributed by atoms with E-state index in [1.807, 2.05) is 32.9 Å². The molecule has 0 bridgehead atoms. The van der Waals surface area contributed by atoms with E-state index in [2.05, 4.69) is 15.5 Å². The summed E-state index contributed by atoms with van der Waals surface area (Å²) < 4.78 is 25.7.